The van der Waals surface area contributed by atoms with Gasteiger partial charge in [0, 0.05) is 25.7 Å². The highest BCUT2D eigenvalue weighted by atomic mass is 31.2. The Balaban J connectivity index is 5.23. The van der Waals surface area contributed by atoms with Crippen molar-refractivity contribution in [2.24, 2.45) is 23.7 Å². The molecule has 96 heavy (non-hydrogen) atoms. The van der Waals surface area contributed by atoms with Gasteiger partial charge >= 0.3 is 39.5 Å². The van der Waals surface area contributed by atoms with Crippen LogP contribution in [0.2, 0.25) is 0 Å². The lowest BCUT2D eigenvalue weighted by atomic mass is 10.00. The van der Waals surface area contributed by atoms with E-state index in [1.165, 1.54) is 186 Å². The van der Waals surface area contributed by atoms with Crippen molar-refractivity contribution in [3.8, 4) is 0 Å². The van der Waals surface area contributed by atoms with Crippen molar-refractivity contribution in [1.29, 1.82) is 0 Å². The van der Waals surface area contributed by atoms with Crippen molar-refractivity contribution in [2.45, 2.75) is 408 Å². The molecule has 0 heterocycles. The molecule has 0 aliphatic heterocycles. The maximum atomic E-state index is 13.1. The summed E-state index contributed by atoms with van der Waals surface area (Å²) in [6, 6.07) is 0. The number of ether oxygens (including phenoxy) is 4. The van der Waals surface area contributed by atoms with E-state index in [4.69, 9.17) is 37.0 Å². The number of phosphoric ester groups is 2. The zero-order valence-electron chi connectivity index (χ0n) is 63.0. The number of hydrogen-bond acceptors (Lipinski definition) is 15. The van der Waals surface area contributed by atoms with E-state index in [1.54, 1.807) is 0 Å². The largest absolute Gasteiger partial charge is 0.472 e. The van der Waals surface area contributed by atoms with E-state index in [9.17, 15) is 43.2 Å². The number of aliphatic hydroxyl groups excluding tert-OH is 1. The summed E-state index contributed by atoms with van der Waals surface area (Å²) < 4.78 is 68.6. The number of carbonyl (C=O) groups excluding carboxylic acids is 4. The summed E-state index contributed by atoms with van der Waals surface area (Å²) in [4.78, 5) is 72.8. The van der Waals surface area contributed by atoms with Gasteiger partial charge < -0.3 is 33.8 Å². The molecule has 0 saturated heterocycles. The predicted octanol–water partition coefficient (Wildman–Crippen LogP) is 22.4. The molecule has 0 radical (unpaired) electrons. The minimum absolute atomic E-state index is 0.106. The average Bonchev–Trinajstić information content (AvgIpc) is 1.30. The van der Waals surface area contributed by atoms with Crippen LogP contribution in [0.15, 0.2) is 0 Å². The first kappa shape index (κ1) is 94.1. The number of carbonyl (C=O) groups is 4. The van der Waals surface area contributed by atoms with Crippen LogP contribution in [0.25, 0.3) is 0 Å². The minimum atomic E-state index is -4.96. The van der Waals surface area contributed by atoms with Gasteiger partial charge in [-0.25, -0.2) is 9.13 Å². The quantitative estimate of drug-likeness (QED) is 0.0222. The smallest absolute Gasteiger partial charge is 0.462 e. The van der Waals surface area contributed by atoms with E-state index in [2.05, 4.69) is 55.4 Å². The van der Waals surface area contributed by atoms with Gasteiger partial charge in [0.05, 0.1) is 26.4 Å². The maximum Gasteiger partial charge on any atom is 0.472 e. The standard InChI is InChI=1S/C77H150O17P2/c1-9-70(8)56-48-40-35-36-42-50-58-75(80)88-64-73(94-77(82)60-52-44-34-27-21-17-16-19-24-30-38-46-54-68(4)5)66-92-96(85,86)90-62-71(78)61-89-95(83,84)91-65-72(63-87-74(79)57-49-41-32-28-22-25-31-39-47-55-69(6)7)93-76(81)59-51-43-33-26-20-15-13-11-10-12-14-18-23-29-37-45-53-67(2)3/h67-73,78H,9-66H2,1-8H3,(H,83,84)(H,85,86)/t70?,71-,72-,73-/m1/s1. The molecule has 0 spiro atoms. The van der Waals surface area contributed by atoms with Crippen molar-refractivity contribution in [1.82, 2.24) is 0 Å². The monoisotopic (exact) mass is 1410 g/mol. The fourth-order valence-electron chi connectivity index (χ4n) is 11.7. The molecule has 0 saturated carbocycles. The van der Waals surface area contributed by atoms with Crippen LogP contribution in [-0.2, 0) is 65.4 Å². The third-order valence-electron chi connectivity index (χ3n) is 18.2. The third kappa shape index (κ3) is 69.2. The molecule has 0 aromatic carbocycles. The van der Waals surface area contributed by atoms with Crippen LogP contribution in [0.4, 0.5) is 0 Å². The van der Waals surface area contributed by atoms with Crippen molar-refractivity contribution >= 4 is 39.5 Å². The molecular formula is C77H150O17P2. The minimum Gasteiger partial charge on any atom is -0.462 e. The second-order valence-corrected chi connectivity index (χ2v) is 32.3. The number of phosphoric acid groups is 2. The summed E-state index contributed by atoms with van der Waals surface area (Å²) in [5, 5.41) is 10.6. The Morgan fingerprint density at radius 1 is 0.292 bits per heavy atom. The summed E-state index contributed by atoms with van der Waals surface area (Å²) >= 11 is 0. The van der Waals surface area contributed by atoms with Crippen molar-refractivity contribution in [3.63, 3.8) is 0 Å². The van der Waals surface area contributed by atoms with Crippen LogP contribution in [-0.4, -0.2) is 96.7 Å². The molecule has 0 aliphatic carbocycles. The molecule has 3 unspecified atom stereocenters. The molecule has 0 bridgehead atoms. The van der Waals surface area contributed by atoms with E-state index >= 15 is 0 Å². The van der Waals surface area contributed by atoms with Gasteiger partial charge in [-0.15, -0.1) is 0 Å². The zero-order valence-corrected chi connectivity index (χ0v) is 64.8. The average molecular weight is 1410 g/mol. The highest BCUT2D eigenvalue weighted by Gasteiger charge is 2.30. The van der Waals surface area contributed by atoms with Crippen LogP contribution >= 0.6 is 15.6 Å². The third-order valence-corrected chi connectivity index (χ3v) is 20.1. The molecule has 0 aromatic rings. The topological polar surface area (TPSA) is 237 Å². The van der Waals surface area contributed by atoms with E-state index < -0.39 is 97.5 Å². The second kappa shape index (κ2) is 66.3. The van der Waals surface area contributed by atoms with Gasteiger partial charge in [-0.05, 0) is 49.4 Å². The molecule has 570 valence electrons. The van der Waals surface area contributed by atoms with E-state index in [1.807, 2.05) is 0 Å². The number of esters is 4. The van der Waals surface area contributed by atoms with Gasteiger partial charge in [-0.2, -0.15) is 0 Å². The van der Waals surface area contributed by atoms with Gasteiger partial charge in [0.1, 0.15) is 19.3 Å². The number of aliphatic hydroxyl groups is 1. The number of unbranched alkanes of at least 4 members (excludes halogenated alkanes) is 39. The van der Waals surface area contributed by atoms with Gasteiger partial charge in [0.2, 0.25) is 0 Å². The highest BCUT2D eigenvalue weighted by Crippen LogP contribution is 2.45. The molecule has 6 atom stereocenters. The van der Waals surface area contributed by atoms with Crippen LogP contribution < -0.4 is 0 Å². The lowest BCUT2D eigenvalue weighted by Gasteiger charge is -2.21. The molecule has 0 fully saturated rings. The number of hydrogen-bond donors (Lipinski definition) is 3. The molecule has 0 rings (SSSR count). The molecule has 0 aliphatic rings. The van der Waals surface area contributed by atoms with Crippen molar-refractivity contribution < 1.29 is 80.2 Å². The summed E-state index contributed by atoms with van der Waals surface area (Å²) in [5.41, 5.74) is 0. The summed E-state index contributed by atoms with van der Waals surface area (Å²) in [6.07, 6.45) is 51.4. The summed E-state index contributed by atoms with van der Waals surface area (Å²) in [6.45, 7) is 14.2. The number of rotatable bonds is 74. The van der Waals surface area contributed by atoms with Crippen LogP contribution in [0.5, 0.6) is 0 Å². The summed E-state index contributed by atoms with van der Waals surface area (Å²) in [7, 11) is -9.92. The Morgan fingerprint density at radius 3 is 0.740 bits per heavy atom. The summed E-state index contributed by atoms with van der Waals surface area (Å²) in [5.74, 6) is 0.940. The van der Waals surface area contributed by atoms with E-state index in [0.717, 1.165) is 120 Å². The normalized spacial score (nSPS) is 14.4. The second-order valence-electron chi connectivity index (χ2n) is 29.4. The SMILES string of the molecule is CCC(C)CCCCCCCCC(=O)OC[C@H](COP(=O)(O)OC[C@H](O)COP(=O)(O)OC[C@@H](COC(=O)CCCCCCCCCCCC(C)C)OC(=O)CCCCCCCCCCCCCCCCCCC(C)C)OC(=O)CCCCCCCCCCCCCCC(C)C. The fourth-order valence-corrected chi connectivity index (χ4v) is 13.3. The van der Waals surface area contributed by atoms with Crippen LogP contribution in [0.3, 0.4) is 0 Å². The highest BCUT2D eigenvalue weighted by molar-refractivity contribution is 7.47. The van der Waals surface area contributed by atoms with Crippen LogP contribution in [0, 0.1) is 23.7 Å². The van der Waals surface area contributed by atoms with Crippen molar-refractivity contribution in [2.75, 3.05) is 39.6 Å². The molecule has 3 N–H and O–H groups in total. The first-order valence-electron chi connectivity index (χ1n) is 39.7. The van der Waals surface area contributed by atoms with Gasteiger partial charge in [-0.3, -0.25) is 37.3 Å². The molecule has 17 nitrogen and oxygen atoms in total. The molecule has 0 aromatic heterocycles. The maximum absolute atomic E-state index is 13.1. The van der Waals surface area contributed by atoms with Gasteiger partial charge in [0.25, 0.3) is 0 Å². The fraction of sp³-hybridized carbons (Fsp3) is 0.948. The molecule has 0 amide bonds. The first-order chi connectivity index (χ1) is 46.1. The Kier molecular flexibility index (Phi) is 65.0. The van der Waals surface area contributed by atoms with E-state index in [-0.39, 0.29) is 25.7 Å². The van der Waals surface area contributed by atoms with E-state index in [0.29, 0.717) is 25.7 Å². The Hall–Kier alpha value is -1.94. The Labute approximate surface area is 588 Å². The molecular weight excluding hydrogens is 1260 g/mol. The zero-order chi connectivity index (χ0) is 71.0. The molecule has 19 heteroatoms. The van der Waals surface area contributed by atoms with Gasteiger partial charge in [-0.1, -0.05) is 338 Å². The predicted molar refractivity (Wildman–Crippen MR) is 391 cm³/mol. The lowest BCUT2D eigenvalue weighted by molar-refractivity contribution is -0.161. The van der Waals surface area contributed by atoms with Gasteiger partial charge in [0.15, 0.2) is 12.2 Å². The Bertz CT molecular complexity index is 1890. The van der Waals surface area contributed by atoms with Crippen molar-refractivity contribution in [3.05, 3.63) is 0 Å². The first-order valence-corrected chi connectivity index (χ1v) is 42.7. The van der Waals surface area contributed by atoms with Crippen LogP contribution in [0.1, 0.15) is 389 Å². The lowest BCUT2D eigenvalue weighted by Crippen LogP contribution is -2.30. The Morgan fingerprint density at radius 2 is 0.500 bits per heavy atom.